The largest absolute Gasteiger partial charge is 0.506 e. The van der Waals surface area contributed by atoms with Crippen LogP contribution in [0.4, 0.5) is 0 Å². The van der Waals surface area contributed by atoms with E-state index in [-0.39, 0.29) is 5.75 Å². The lowest BCUT2D eigenvalue weighted by Crippen LogP contribution is -2.43. The Balaban J connectivity index is 1.72. The second kappa shape index (κ2) is 7.74. The first-order chi connectivity index (χ1) is 10.5. The molecular weight excluding hydrogens is 294 g/mol. The van der Waals surface area contributed by atoms with E-state index in [2.05, 4.69) is 28.1 Å². The minimum Gasteiger partial charge on any atom is -0.506 e. The molecule has 0 spiro atoms. The Bertz CT molecular complexity index is 510. The standard InChI is InChI=1S/C16H27N3O2Si/c1-22(2)11-9-19(10-12-22)8-4-3-5-14-6-7-16(20)15(18-14)13-17-21/h6-7,13,20-21H,3-5,8-12H2,1-2H3/b17-13+. The predicted molar refractivity (Wildman–Crippen MR) is 91.8 cm³/mol. The average Bonchev–Trinajstić information content (AvgIpc) is 2.48. The molecule has 22 heavy (non-hydrogen) atoms. The Morgan fingerprint density at radius 3 is 2.68 bits per heavy atom. The molecule has 0 radical (unpaired) electrons. The van der Waals surface area contributed by atoms with Gasteiger partial charge in [0.25, 0.3) is 0 Å². The fourth-order valence-corrected chi connectivity index (χ4v) is 4.92. The molecule has 0 unspecified atom stereocenters. The van der Waals surface area contributed by atoms with Gasteiger partial charge in [-0.3, -0.25) is 0 Å². The molecule has 1 aliphatic heterocycles. The van der Waals surface area contributed by atoms with E-state index in [9.17, 15) is 5.11 Å². The Kier molecular flexibility index (Phi) is 5.96. The maximum Gasteiger partial charge on any atom is 0.142 e. The van der Waals surface area contributed by atoms with Crippen molar-refractivity contribution in [1.82, 2.24) is 9.88 Å². The summed E-state index contributed by atoms with van der Waals surface area (Å²) < 4.78 is 0. The van der Waals surface area contributed by atoms with E-state index in [1.165, 1.54) is 38.1 Å². The van der Waals surface area contributed by atoms with E-state index in [0.717, 1.165) is 24.8 Å². The van der Waals surface area contributed by atoms with Gasteiger partial charge in [0, 0.05) is 13.8 Å². The highest BCUT2D eigenvalue weighted by Crippen LogP contribution is 2.22. The molecule has 1 aliphatic rings. The third kappa shape index (κ3) is 5.10. The minimum absolute atomic E-state index is 0.0432. The van der Waals surface area contributed by atoms with Gasteiger partial charge in [-0.2, -0.15) is 0 Å². The Morgan fingerprint density at radius 2 is 2.00 bits per heavy atom. The molecule has 1 saturated heterocycles. The zero-order valence-corrected chi connectivity index (χ0v) is 14.6. The first kappa shape index (κ1) is 17.0. The number of oxime groups is 1. The third-order valence-corrected chi connectivity index (χ3v) is 7.66. The van der Waals surface area contributed by atoms with E-state index in [0.29, 0.717) is 5.69 Å². The summed E-state index contributed by atoms with van der Waals surface area (Å²) in [6.07, 6.45) is 4.32. The van der Waals surface area contributed by atoms with Gasteiger partial charge in [0.15, 0.2) is 0 Å². The van der Waals surface area contributed by atoms with Crippen LogP contribution in [-0.4, -0.2) is 54.1 Å². The second-order valence-corrected chi connectivity index (χ2v) is 12.2. The lowest BCUT2D eigenvalue weighted by Gasteiger charge is -2.35. The summed E-state index contributed by atoms with van der Waals surface area (Å²) in [6.45, 7) is 8.71. The van der Waals surface area contributed by atoms with E-state index < -0.39 is 8.07 Å². The van der Waals surface area contributed by atoms with Gasteiger partial charge >= 0.3 is 0 Å². The average molecular weight is 321 g/mol. The zero-order valence-electron chi connectivity index (χ0n) is 13.6. The van der Waals surface area contributed by atoms with Gasteiger partial charge in [0.2, 0.25) is 0 Å². The van der Waals surface area contributed by atoms with E-state index >= 15 is 0 Å². The molecule has 122 valence electrons. The summed E-state index contributed by atoms with van der Waals surface area (Å²) in [5, 5.41) is 21.1. The van der Waals surface area contributed by atoms with Gasteiger partial charge in [0.05, 0.1) is 6.21 Å². The quantitative estimate of drug-likeness (QED) is 0.278. The summed E-state index contributed by atoms with van der Waals surface area (Å²) >= 11 is 0. The van der Waals surface area contributed by atoms with Gasteiger partial charge in [-0.05, 0) is 63.1 Å². The van der Waals surface area contributed by atoms with Crippen molar-refractivity contribution in [2.75, 3.05) is 19.6 Å². The molecule has 1 fully saturated rings. The Labute approximate surface area is 133 Å². The highest BCUT2D eigenvalue weighted by atomic mass is 28.3. The Hall–Kier alpha value is -1.40. The van der Waals surface area contributed by atoms with Crippen LogP contribution >= 0.6 is 0 Å². The van der Waals surface area contributed by atoms with Crippen LogP contribution in [0.2, 0.25) is 25.2 Å². The molecule has 6 heteroatoms. The molecule has 0 bridgehead atoms. The lowest BCUT2D eigenvalue weighted by atomic mass is 10.1. The smallest absolute Gasteiger partial charge is 0.142 e. The van der Waals surface area contributed by atoms with E-state index in [1.54, 1.807) is 6.07 Å². The van der Waals surface area contributed by atoms with Crippen LogP contribution in [0, 0.1) is 0 Å². The summed E-state index contributed by atoms with van der Waals surface area (Å²) in [4.78, 5) is 6.89. The molecule has 2 heterocycles. The highest BCUT2D eigenvalue weighted by molar-refractivity contribution is 6.77. The van der Waals surface area contributed by atoms with Crippen molar-refractivity contribution in [2.24, 2.45) is 5.16 Å². The molecular formula is C16H27N3O2Si. The maximum atomic E-state index is 9.58. The van der Waals surface area contributed by atoms with Gasteiger partial charge in [-0.15, -0.1) is 0 Å². The fraction of sp³-hybridized carbons (Fsp3) is 0.625. The first-order valence-electron chi connectivity index (χ1n) is 8.09. The van der Waals surface area contributed by atoms with Crippen molar-refractivity contribution < 1.29 is 10.3 Å². The molecule has 5 nitrogen and oxygen atoms in total. The number of nitrogens with zero attached hydrogens (tertiary/aromatic N) is 3. The molecule has 0 atom stereocenters. The number of aromatic hydroxyl groups is 1. The van der Waals surface area contributed by atoms with Crippen molar-refractivity contribution in [1.29, 1.82) is 0 Å². The topological polar surface area (TPSA) is 69.0 Å². The third-order valence-electron chi connectivity index (χ3n) is 4.51. The molecule has 1 aromatic heterocycles. The highest BCUT2D eigenvalue weighted by Gasteiger charge is 2.26. The molecule has 2 rings (SSSR count). The number of rotatable bonds is 6. The monoisotopic (exact) mass is 321 g/mol. The summed E-state index contributed by atoms with van der Waals surface area (Å²) in [7, 11) is -0.860. The molecule has 2 N–H and O–H groups in total. The van der Waals surface area contributed by atoms with Crippen LogP contribution in [0.5, 0.6) is 5.75 Å². The Morgan fingerprint density at radius 1 is 1.27 bits per heavy atom. The summed E-state index contributed by atoms with van der Waals surface area (Å²) in [5.74, 6) is 0.0432. The van der Waals surface area contributed by atoms with Crippen LogP contribution in [0.3, 0.4) is 0 Å². The van der Waals surface area contributed by atoms with Crippen LogP contribution in [0.1, 0.15) is 24.2 Å². The number of hydrogen-bond donors (Lipinski definition) is 2. The van der Waals surface area contributed by atoms with Gasteiger partial charge in [0.1, 0.15) is 11.4 Å². The van der Waals surface area contributed by atoms with Crippen LogP contribution in [0.15, 0.2) is 17.3 Å². The summed E-state index contributed by atoms with van der Waals surface area (Å²) in [5.41, 5.74) is 1.25. The van der Waals surface area contributed by atoms with Gasteiger partial charge in [-0.25, -0.2) is 4.98 Å². The van der Waals surface area contributed by atoms with Crippen molar-refractivity contribution in [3.05, 3.63) is 23.5 Å². The van der Waals surface area contributed by atoms with Crippen LogP contribution in [0.25, 0.3) is 0 Å². The number of aromatic nitrogens is 1. The first-order valence-corrected chi connectivity index (χ1v) is 11.5. The number of hydrogen-bond acceptors (Lipinski definition) is 5. The normalized spacial score (nSPS) is 18.8. The van der Waals surface area contributed by atoms with Crippen molar-refractivity contribution >= 4 is 14.3 Å². The zero-order chi connectivity index (χ0) is 16.0. The molecule has 0 amide bonds. The second-order valence-electron chi connectivity index (χ2n) is 6.91. The van der Waals surface area contributed by atoms with E-state index in [1.807, 2.05) is 6.07 Å². The number of aryl methyl sites for hydroxylation is 1. The number of pyridine rings is 1. The summed E-state index contributed by atoms with van der Waals surface area (Å²) in [6, 6.07) is 6.29. The van der Waals surface area contributed by atoms with Crippen molar-refractivity contribution in [3.8, 4) is 5.75 Å². The van der Waals surface area contributed by atoms with Gasteiger partial charge in [-0.1, -0.05) is 18.2 Å². The van der Waals surface area contributed by atoms with Gasteiger partial charge < -0.3 is 15.2 Å². The van der Waals surface area contributed by atoms with E-state index in [4.69, 9.17) is 5.21 Å². The predicted octanol–water partition coefficient (Wildman–Crippen LogP) is 2.94. The maximum absolute atomic E-state index is 9.58. The number of unbranched alkanes of at least 4 members (excludes halogenated alkanes) is 1. The van der Waals surface area contributed by atoms with Crippen molar-refractivity contribution in [2.45, 2.75) is 44.4 Å². The lowest BCUT2D eigenvalue weighted by molar-refractivity contribution is 0.283. The van der Waals surface area contributed by atoms with Crippen LogP contribution in [-0.2, 0) is 6.42 Å². The van der Waals surface area contributed by atoms with Crippen LogP contribution < -0.4 is 0 Å². The fourth-order valence-electron chi connectivity index (χ4n) is 2.82. The molecule has 0 aromatic carbocycles. The van der Waals surface area contributed by atoms with Crippen molar-refractivity contribution in [3.63, 3.8) is 0 Å². The minimum atomic E-state index is -0.860. The SMILES string of the molecule is C[Si]1(C)CCN(CCCCc2ccc(O)c(/C=N/O)n2)CC1. The molecule has 0 saturated carbocycles. The molecule has 1 aromatic rings. The molecule has 0 aliphatic carbocycles.